The Labute approximate surface area is 103 Å². The fourth-order valence-electron chi connectivity index (χ4n) is 1.81. The minimum atomic E-state index is 0.0895. The highest BCUT2D eigenvalue weighted by molar-refractivity contribution is 5.53. The Morgan fingerprint density at radius 3 is 2.82 bits per heavy atom. The van der Waals surface area contributed by atoms with Gasteiger partial charge in [0.2, 0.25) is 5.88 Å². The van der Waals surface area contributed by atoms with E-state index < -0.39 is 0 Å². The summed E-state index contributed by atoms with van der Waals surface area (Å²) in [6.07, 6.45) is 4.12. The van der Waals surface area contributed by atoms with Gasteiger partial charge in [-0.05, 0) is 44.7 Å². The normalized spacial score (nSPS) is 15.7. The highest BCUT2D eigenvalue weighted by Gasteiger charge is 2.17. The molecular weight excluding hydrogens is 214 g/mol. The summed E-state index contributed by atoms with van der Waals surface area (Å²) in [5.41, 5.74) is 6.41. The van der Waals surface area contributed by atoms with Crippen LogP contribution in [0.3, 0.4) is 0 Å². The maximum Gasteiger partial charge on any atom is 0.239 e. The van der Waals surface area contributed by atoms with Crippen molar-refractivity contribution in [2.45, 2.75) is 39.2 Å². The first-order chi connectivity index (χ1) is 8.15. The first-order valence-corrected chi connectivity index (χ1v) is 6.32. The zero-order valence-electron chi connectivity index (χ0n) is 10.6. The fourth-order valence-corrected chi connectivity index (χ4v) is 1.81. The molecule has 94 valence electrons. The van der Waals surface area contributed by atoms with Crippen LogP contribution >= 0.6 is 0 Å². The molecule has 0 amide bonds. The molecule has 0 unspecified atom stereocenters. The molecule has 1 aliphatic rings. The van der Waals surface area contributed by atoms with Crippen molar-refractivity contribution in [1.82, 2.24) is 4.98 Å². The molecule has 17 heavy (non-hydrogen) atoms. The molecule has 0 aromatic carbocycles. The van der Waals surface area contributed by atoms with Crippen LogP contribution in [0.2, 0.25) is 0 Å². The lowest BCUT2D eigenvalue weighted by molar-refractivity contribution is 0.234. The van der Waals surface area contributed by atoms with Crippen LogP contribution in [0.4, 0.5) is 11.5 Å². The number of nitrogens with zero attached hydrogens (tertiary/aromatic N) is 1. The van der Waals surface area contributed by atoms with Crippen LogP contribution in [0.15, 0.2) is 12.1 Å². The van der Waals surface area contributed by atoms with Gasteiger partial charge in [-0.25, -0.2) is 0 Å². The number of anilines is 2. The van der Waals surface area contributed by atoms with Crippen molar-refractivity contribution in [2.24, 2.45) is 5.92 Å². The molecule has 0 atom stereocenters. The van der Waals surface area contributed by atoms with E-state index in [-0.39, 0.29) is 6.10 Å². The van der Waals surface area contributed by atoms with Crippen molar-refractivity contribution in [3.8, 4) is 5.88 Å². The van der Waals surface area contributed by atoms with Gasteiger partial charge in [-0.2, -0.15) is 4.98 Å². The number of nitrogens with two attached hydrogens (primary N) is 1. The summed E-state index contributed by atoms with van der Waals surface area (Å²) in [4.78, 5) is 4.38. The molecule has 1 aliphatic carbocycles. The number of ether oxygens (including phenoxy) is 1. The van der Waals surface area contributed by atoms with E-state index in [0.29, 0.717) is 11.6 Å². The molecule has 1 fully saturated rings. The number of aromatic nitrogens is 1. The van der Waals surface area contributed by atoms with Crippen LogP contribution in [-0.2, 0) is 0 Å². The lowest BCUT2D eigenvalue weighted by Gasteiger charge is -2.25. The Morgan fingerprint density at radius 2 is 2.24 bits per heavy atom. The Morgan fingerprint density at radius 1 is 1.47 bits per heavy atom. The second kappa shape index (κ2) is 5.25. The van der Waals surface area contributed by atoms with Gasteiger partial charge in [0.25, 0.3) is 0 Å². The molecule has 4 heteroatoms. The van der Waals surface area contributed by atoms with E-state index in [0.717, 1.165) is 18.3 Å². The third-order valence-corrected chi connectivity index (χ3v) is 3.03. The smallest absolute Gasteiger partial charge is 0.239 e. The number of hydrogen-bond acceptors (Lipinski definition) is 4. The average Bonchev–Trinajstić information content (AvgIpc) is 2.19. The Hall–Kier alpha value is -1.45. The summed E-state index contributed by atoms with van der Waals surface area (Å²) in [5.74, 6) is 2.18. The van der Waals surface area contributed by atoms with Gasteiger partial charge in [0.1, 0.15) is 5.82 Å². The summed E-state index contributed by atoms with van der Waals surface area (Å²) in [6, 6.07) is 3.75. The SMILES string of the molecule is CC(C)Oc1nc(NCC2CCC2)ccc1N. The van der Waals surface area contributed by atoms with Gasteiger partial charge in [0.05, 0.1) is 11.8 Å². The summed E-state index contributed by atoms with van der Waals surface area (Å²) in [7, 11) is 0. The second-order valence-electron chi connectivity index (χ2n) is 4.94. The summed E-state index contributed by atoms with van der Waals surface area (Å²) in [5, 5.41) is 3.34. The molecule has 0 spiro atoms. The van der Waals surface area contributed by atoms with Gasteiger partial charge in [-0.15, -0.1) is 0 Å². The molecule has 3 N–H and O–H groups in total. The lowest BCUT2D eigenvalue weighted by Crippen LogP contribution is -2.21. The largest absolute Gasteiger partial charge is 0.473 e. The van der Waals surface area contributed by atoms with Crippen LogP contribution in [0.5, 0.6) is 5.88 Å². The van der Waals surface area contributed by atoms with E-state index in [1.807, 2.05) is 26.0 Å². The third-order valence-electron chi connectivity index (χ3n) is 3.03. The third kappa shape index (κ3) is 3.25. The van der Waals surface area contributed by atoms with Gasteiger partial charge in [0, 0.05) is 6.54 Å². The minimum Gasteiger partial charge on any atom is -0.473 e. The molecule has 1 saturated carbocycles. The second-order valence-corrected chi connectivity index (χ2v) is 4.94. The first kappa shape index (κ1) is 12.0. The van der Waals surface area contributed by atoms with Crippen molar-refractivity contribution in [3.05, 3.63) is 12.1 Å². The Balaban J connectivity index is 1.96. The summed E-state index contributed by atoms with van der Waals surface area (Å²) in [6.45, 7) is 4.93. The molecule has 0 saturated heterocycles. The summed E-state index contributed by atoms with van der Waals surface area (Å²) < 4.78 is 5.56. The lowest BCUT2D eigenvalue weighted by atomic mass is 9.85. The van der Waals surface area contributed by atoms with Crippen molar-refractivity contribution < 1.29 is 4.74 Å². The fraction of sp³-hybridized carbons (Fsp3) is 0.615. The van der Waals surface area contributed by atoms with Crippen LogP contribution < -0.4 is 15.8 Å². The molecule has 2 rings (SSSR count). The van der Waals surface area contributed by atoms with Gasteiger partial charge in [-0.3, -0.25) is 0 Å². The maximum absolute atomic E-state index is 5.82. The van der Waals surface area contributed by atoms with Crippen molar-refractivity contribution in [1.29, 1.82) is 0 Å². The van der Waals surface area contributed by atoms with Crippen LogP contribution in [0.25, 0.3) is 0 Å². The minimum absolute atomic E-state index is 0.0895. The van der Waals surface area contributed by atoms with Gasteiger partial charge in [-0.1, -0.05) is 6.42 Å². The van der Waals surface area contributed by atoms with E-state index in [2.05, 4.69) is 10.3 Å². The van der Waals surface area contributed by atoms with E-state index in [1.165, 1.54) is 19.3 Å². The molecule has 1 aromatic heterocycles. The topological polar surface area (TPSA) is 60.2 Å². The van der Waals surface area contributed by atoms with E-state index in [4.69, 9.17) is 10.5 Å². The highest BCUT2D eigenvalue weighted by atomic mass is 16.5. The highest BCUT2D eigenvalue weighted by Crippen LogP contribution is 2.27. The molecule has 1 heterocycles. The molecule has 0 aliphatic heterocycles. The average molecular weight is 235 g/mol. The number of hydrogen-bond donors (Lipinski definition) is 2. The standard InChI is InChI=1S/C13H21N3O/c1-9(2)17-13-11(14)6-7-12(16-13)15-8-10-4-3-5-10/h6-7,9-10H,3-5,8,14H2,1-2H3,(H,15,16). The Kier molecular flexibility index (Phi) is 3.71. The van der Waals surface area contributed by atoms with Crippen LogP contribution in [0.1, 0.15) is 33.1 Å². The number of pyridine rings is 1. The molecular formula is C13H21N3O. The first-order valence-electron chi connectivity index (χ1n) is 6.32. The molecule has 4 nitrogen and oxygen atoms in total. The number of nitrogens with one attached hydrogen (secondary N) is 1. The van der Waals surface area contributed by atoms with E-state index >= 15 is 0 Å². The zero-order valence-corrected chi connectivity index (χ0v) is 10.6. The van der Waals surface area contributed by atoms with Gasteiger partial charge in [0.15, 0.2) is 0 Å². The number of rotatable bonds is 5. The van der Waals surface area contributed by atoms with Gasteiger partial charge >= 0.3 is 0 Å². The van der Waals surface area contributed by atoms with E-state index in [9.17, 15) is 0 Å². The van der Waals surface area contributed by atoms with E-state index in [1.54, 1.807) is 0 Å². The zero-order chi connectivity index (χ0) is 12.3. The van der Waals surface area contributed by atoms with Gasteiger partial charge < -0.3 is 15.8 Å². The predicted molar refractivity (Wildman–Crippen MR) is 70.2 cm³/mol. The number of nitrogen functional groups attached to an aromatic ring is 1. The van der Waals surface area contributed by atoms with Crippen molar-refractivity contribution in [2.75, 3.05) is 17.6 Å². The Bertz CT molecular complexity index is 375. The molecule has 0 bridgehead atoms. The summed E-state index contributed by atoms with van der Waals surface area (Å²) >= 11 is 0. The van der Waals surface area contributed by atoms with Crippen LogP contribution in [-0.4, -0.2) is 17.6 Å². The van der Waals surface area contributed by atoms with Crippen LogP contribution in [0, 0.1) is 5.92 Å². The maximum atomic E-state index is 5.82. The quantitative estimate of drug-likeness (QED) is 0.823. The molecule has 0 radical (unpaired) electrons. The van der Waals surface area contributed by atoms with Crippen molar-refractivity contribution >= 4 is 11.5 Å². The predicted octanol–water partition coefficient (Wildman–Crippen LogP) is 2.66. The molecule has 1 aromatic rings. The van der Waals surface area contributed by atoms with Crippen molar-refractivity contribution in [3.63, 3.8) is 0 Å². The monoisotopic (exact) mass is 235 g/mol.